The van der Waals surface area contributed by atoms with Gasteiger partial charge in [0.05, 0.1) is 17.4 Å². The maximum absolute atomic E-state index is 9.54. The lowest BCUT2D eigenvalue weighted by Gasteiger charge is -2.23. The summed E-state index contributed by atoms with van der Waals surface area (Å²) < 4.78 is 0. The molecule has 0 unspecified atom stereocenters. The lowest BCUT2D eigenvalue weighted by Crippen LogP contribution is -2.15. The van der Waals surface area contributed by atoms with Crippen molar-refractivity contribution in [3.8, 4) is 5.75 Å². The van der Waals surface area contributed by atoms with Crippen LogP contribution in [-0.4, -0.2) is 10.1 Å². The molecule has 0 fully saturated rings. The van der Waals surface area contributed by atoms with E-state index in [9.17, 15) is 5.11 Å². The molecule has 0 aliphatic rings. The number of benzene rings is 1. The van der Waals surface area contributed by atoms with E-state index in [1.54, 1.807) is 24.4 Å². The molecule has 0 saturated carbocycles. The van der Waals surface area contributed by atoms with Crippen molar-refractivity contribution in [1.29, 1.82) is 0 Å². The van der Waals surface area contributed by atoms with E-state index in [-0.39, 0.29) is 11.2 Å². The van der Waals surface area contributed by atoms with Crippen LogP contribution in [0.3, 0.4) is 0 Å². The van der Waals surface area contributed by atoms with Gasteiger partial charge in [-0.15, -0.1) is 0 Å². The molecule has 0 amide bonds. The molecule has 0 saturated heterocycles. The molecule has 1 aromatic heterocycles. The number of rotatable bonds is 0. The molecule has 3 nitrogen and oxygen atoms in total. The predicted molar refractivity (Wildman–Crippen MR) is 66.5 cm³/mol. The van der Waals surface area contributed by atoms with E-state index in [4.69, 9.17) is 5.73 Å². The third-order valence-corrected chi connectivity index (χ3v) is 2.63. The Hall–Kier alpha value is -1.77. The largest absolute Gasteiger partial charge is 0.508 e. The number of aromatic nitrogens is 1. The summed E-state index contributed by atoms with van der Waals surface area (Å²) in [6.07, 6.45) is 1.68. The summed E-state index contributed by atoms with van der Waals surface area (Å²) in [5, 5.41) is 10.5. The second kappa shape index (κ2) is 3.37. The molecule has 84 valence electrons. The Bertz CT molecular complexity index is 536. The monoisotopic (exact) mass is 216 g/mol. The van der Waals surface area contributed by atoms with E-state index in [1.807, 2.05) is 0 Å². The average molecular weight is 216 g/mol. The maximum Gasteiger partial charge on any atom is 0.116 e. The van der Waals surface area contributed by atoms with Crippen LogP contribution in [-0.2, 0) is 5.41 Å². The first-order chi connectivity index (χ1) is 7.39. The van der Waals surface area contributed by atoms with Gasteiger partial charge in [-0.05, 0) is 29.2 Å². The van der Waals surface area contributed by atoms with Crippen LogP contribution in [0.1, 0.15) is 26.3 Å². The molecule has 0 bridgehead atoms. The standard InChI is InChI=1S/C13H16N2O/c1-13(2,3)12-9-6-8(16)4-5-11(9)15-7-10(12)14/h4-7,16H,14H2,1-3H3. The van der Waals surface area contributed by atoms with Crippen LogP contribution in [0.4, 0.5) is 5.69 Å². The number of pyridine rings is 1. The van der Waals surface area contributed by atoms with Gasteiger partial charge >= 0.3 is 0 Å². The smallest absolute Gasteiger partial charge is 0.116 e. The van der Waals surface area contributed by atoms with Crippen molar-refractivity contribution in [2.45, 2.75) is 26.2 Å². The Kier molecular flexibility index (Phi) is 2.26. The van der Waals surface area contributed by atoms with Gasteiger partial charge in [0, 0.05) is 5.39 Å². The van der Waals surface area contributed by atoms with Gasteiger partial charge < -0.3 is 10.8 Å². The first kappa shape index (κ1) is 10.7. The molecule has 2 rings (SSSR count). The summed E-state index contributed by atoms with van der Waals surface area (Å²) in [6, 6.07) is 5.16. The molecule has 3 N–H and O–H groups in total. The molecule has 0 spiro atoms. The number of hydrogen-bond donors (Lipinski definition) is 2. The lowest BCUT2D eigenvalue weighted by atomic mass is 9.84. The molecule has 2 aromatic rings. The van der Waals surface area contributed by atoms with Gasteiger partial charge in [-0.3, -0.25) is 4.98 Å². The van der Waals surface area contributed by atoms with Crippen LogP contribution >= 0.6 is 0 Å². The fourth-order valence-corrected chi connectivity index (χ4v) is 2.03. The molecule has 3 heteroatoms. The predicted octanol–water partition coefficient (Wildman–Crippen LogP) is 2.82. The van der Waals surface area contributed by atoms with Gasteiger partial charge in [0.1, 0.15) is 5.75 Å². The number of nitrogens with zero attached hydrogens (tertiary/aromatic N) is 1. The van der Waals surface area contributed by atoms with Crippen molar-refractivity contribution >= 4 is 16.6 Å². The van der Waals surface area contributed by atoms with Gasteiger partial charge in [-0.2, -0.15) is 0 Å². The minimum atomic E-state index is -0.0704. The third kappa shape index (κ3) is 1.69. The lowest BCUT2D eigenvalue weighted by molar-refractivity contribution is 0.476. The zero-order valence-corrected chi connectivity index (χ0v) is 9.78. The van der Waals surface area contributed by atoms with Gasteiger partial charge in [-0.1, -0.05) is 20.8 Å². The Morgan fingerprint density at radius 3 is 2.56 bits per heavy atom. The SMILES string of the molecule is CC(C)(C)c1c(N)cnc2ccc(O)cc12. The number of nitrogens with two attached hydrogens (primary N) is 1. The van der Waals surface area contributed by atoms with Gasteiger partial charge in [0.25, 0.3) is 0 Å². The Morgan fingerprint density at radius 1 is 1.25 bits per heavy atom. The van der Waals surface area contributed by atoms with E-state index in [1.165, 1.54) is 0 Å². The first-order valence-corrected chi connectivity index (χ1v) is 5.27. The maximum atomic E-state index is 9.54. The highest BCUT2D eigenvalue weighted by molar-refractivity contribution is 5.88. The molecule has 0 radical (unpaired) electrons. The van der Waals surface area contributed by atoms with Crippen molar-refractivity contribution in [2.75, 3.05) is 5.73 Å². The van der Waals surface area contributed by atoms with Crippen LogP contribution in [0.25, 0.3) is 10.9 Å². The summed E-state index contributed by atoms with van der Waals surface area (Å²) in [7, 11) is 0. The summed E-state index contributed by atoms with van der Waals surface area (Å²) >= 11 is 0. The minimum absolute atomic E-state index is 0.0704. The molecule has 1 aromatic carbocycles. The molecule has 0 aliphatic carbocycles. The number of phenolic OH excluding ortho intramolecular Hbond substituents is 1. The van der Waals surface area contributed by atoms with Crippen LogP contribution in [0.5, 0.6) is 5.75 Å². The van der Waals surface area contributed by atoms with Crippen molar-refractivity contribution in [3.05, 3.63) is 30.0 Å². The van der Waals surface area contributed by atoms with Crippen molar-refractivity contribution in [2.24, 2.45) is 0 Å². The van der Waals surface area contributed by atoms with Crippen LogP contribution < -0.4 is 5.73 Å². The van der Waals surface area contributed by atoms with Crippen molar-refractivity contribution in [3.63, 3.8) is 0 Å². The third-order valence-electron chi connectivity index (χ3n) is 2.63. The van der Waals surface area contributed by atoms with Crippen LogP contribution in [0.2, 0.25) is 0 Å². The van der Waals surface area contributed by atoms with E-state index < -0.39 is 0 Å². The van der Waals surface area contributed by atoms with Crippen molar-refractivity contribution < 1.29 is 5.11 Å². The summed E-state index contributed by atoms with van der Waals surface area (Å²) in [4.78, 5) is 4.26. The van der Waals surface area contributed by atoms with Gasteiger partial charge in [0.15, 0.2) is 0 Å². The van der Waals surface area contributed by atoms with Gasteiger partial charge in [0.2, 0.25) is 0 Å². The highest BCUT2D eigenvalue weighted by Crippen LogP contribution is 2.34. The number of phenols is 1. The normalized spacial score (nSPS) is 11.9. The zero-order valence-electron chi connectivity index (χ0n) is 9.78. The minimum Gasteiger partial charge on any atom is -0.508 e. The molecule has 1 heterocycles. The first-order valence-electron chi connectivity index (χ1n) is 5.27. The molecule has 16 heavy (non-hydrogen) atoms. The topological polar surface area (TPSA) is 59.1 Å². The van der Waals surface area contributed by atoms with Crippen molar-refractivity contribution in [1.82, 2.24) is 4.98 Å². The quantitative estimate of drug-likeness (QED) is 0.712. The Labute approximate surface area is 94.9 Å². The van der Waals surface area contributed by atoms with Crippen LogP contribution in [0.15, 0.2) is 24.4 Å². The molecule has 0 atom stereocenters. The average Bonchev–Trinajstić information content (AvgIpc) is 2.14. The van der Waals surface area contributed by atoms with Gasteiger partial charge in [-0.25, -0.2) is 0 Å². The van der Waals surface area contributed by atoms with E-state index in [2.05, 4.69) is 25.8 Å². The molecule has 0 aliphatic heterocycles. The fraction of sp³-hybridized carbons (Fsp3) is 0.308. The highest BCUT2D eigenvalue weighted by Gasteiger charge is 2.20. The summed E-state index contributed by atoms with van der Waals surface area (Å²) in [5.74, 6) is 0.241. The Morgan fingerprint density at radius 2 is 1.94 bits per heavy atom. The fourth-order valence-electron chi connectivity index (χ4n) is 2.03. The number of anilines is 1. The highest BCUT2D eigenvalue weighted by atomic mass is 16.3. The second-order valence-electron chi connectivity index (χ2n) is 5.04. The number of fused-ring (bicyclic) bond motifs is 1. The molecular weight excluding hydrogens is 200 g/mol. The summed E-state index contributed by atoms with van der Waals surface area (Å²) in [5.41, 5.74) is 8.47. The molecular formula is C13H16N2O. The van der Waals surface area contributed by atoms with E-state index in [0.29, 0.717) is 5.69 Å². The number of aromatic hydroxyl groups is 1. The Balaban J connectivity index is 2.88. The summed E-state index contributed by atoms with van der Waals surface area (Å²) in [6.45, 7) is 6.30. The zero-order chi connectivity index (χ0) is 11.9. The van der Waals surface area contributed by atoms with E-state index in [0.717, 1.165) is 16.5 Å². The van der Waals surface area contributed by atoms with E-state index >= 15 is 0 Å². The second-order valence-corrected chi connectivity index (χ2v) is 5.04. The van der Waals surface area contributed by atoms with Crippen LogP contribution in [0, 0.1) is 0 Å². The number of nitrogen functional groups attached to an aromatic ring is 1. The number of hydrogen-bond acceptors (Lipinski definition) is 3.